The Balaban J connectivity index is -0.000000521. The largest absolute Gasteiger partial charge is 0.488 e. The highest BCUT2D eigenvalue weighted by molar-refractivity contribution is 8.13. The summed E-state index contributed by atoms with van der Waals surface area (Å²) in [6.07, 6.45) is 0. The van der Waals surface area contributed by atoms with E-state index in [4.69, 9.17) is 57.2 Å². The lowest BCUT2D eigenvalue weighted by atomic mass is 10.3. The zero-order valence-corrected chi connectivity index (χ0v) is 65.5. The van der Waals surface area contributed by atoms with Crippen LogP contribution < -0.4 is 19.2 Å². The minimum Gasteiger partial charge on any atom is -0.468 e. The van der Waals surface area contributed by atoms with Gasteiger partial charge >= 0.3 is 80.8 Å². The molecule has 0 aliphatic rings. The molecule has 0 fully saturated rings. The monoisotopic (exact) mass is 1550 g/mol. The van der Waals surface area contributed by atoms with Crippen molar-refractivity contribution in [2.75, 3.05) is 38.9 Å². The molecule has 0 radical (unpaired) electrons. The smallest absolute Gasteiger partial charge is 0.468 e. The van der Waals surface area contributed by atoms with Gasteiger partial charge in [-0.25, -0.2) is 32.5 Å². The van der Waals surface area contributed by atoms with E-state index in [1.807, 2.05) is 12.1 Å². The Morgan fingerprint density at radius 1 is 0.452 bits per heavy atom. The van der Waals surface area contributed by atoms with Gasteiger partial charge in [0.1, 0.15) is 23.6 Å². The fourth-order valence-corrected chi connectivity index (χ4v) is 16.0. The van der Waals surface area contributed by atoms with Crippen molar-refractivity contribution in [1.29, 1.82) is 0 Å². The summed E-state index contributed by atoms with van der Waals surface area (Å²) in [6.45, 7) is 29.5. The molecule has 2 aromatic carbocycles. The van der Waals surface area contributed by atoms with Crippen molar-refractivity contribution in [3.8, 4) is 11.5 Å². The van der Waals surface area contributed by atoms with E-state index in [1.54, 1.807) is 104 Å². The third-order valence-electron chi connectivity index (χ3n) is 10.3. The minimum absolute atomic E-state index is 0.00163. The number of esters is 2. The summed E-state index contributed by atoms with van der Waals surface area (Å²) in [7, 11) is -35.1. The summed E-state index contributed by atoms with van der Waals surface area (Å²) >= 11 is 2.25. The van der Waals surface area contributed by atoms with Crippen molar-refractivity contribution in [2.24, 2.45) is 0 Å². The number of hydrogen-bond acceptors (Lipinski definition) is 24. The first-order valence-electron chi connectivity index (χ1n) is 27.3. The van der Waals surface area contributed by atoms with Crippen LogP contribution in [0.2, 0.25) is 0 Å². The molecule has 0 heterocycles. The first-order valence-corrected chi connectivity index (χ1v) is 43.6. The second-order valence-electron chi connectivity index (χ2n) is 22.7. The van der Waals surface area contributed by atoms with Gasteiger partial charge in [0.05, 0.1) is 59.9 Å². The third kappa shape index (κ3) is 45.0. The fraction of sp³-hybridized carbons (Fsp3) is 0.673. The van der Waals surface area contributed by atoms with Crippen LogP contribution in [-0.2, 0) is 91.7 Å². The molecule has 44 heteroatoms. The second kappa shape index (κ2) is 42.5. The third-order valence-corrected chi connectivity index (χ3v) is 29.7. The Labute approximate surface area is 554 Å². The highest BCUT2D eigenvalue weighted by atomic mass is 32.2. The van der Waals surface area contributed by atoms with Gasteiger partial charge in [0.15, 0.2) is 10.2 Å². The van der Waals surface area contributed by atoms with Crippen LogP contribution in [0.25, 0.3) is 0 Å². The van der Waals surface area contributed by atoms with E-state index in [-0.39, 0.29) is 40.4 Å². The molecule has 7 unspecified atom stereocenters. The van der Waals surface area contributed by atoms with Gasteiger partial charge < -0.3 is 71.6 Å². The molecule has 0 amide bonds. The zero-order chi connectivity index (χ0) is 74.4. The van der Waals surface area contributed by atoms with E-state index in [2.05, 4.69) is 32.6 Å². The van der Waals surface area contributed by atoms with Crippen LogP contribution in [0.3, 0.4) is 0 Å². The van der Waals surface area contributed by atoms with Crippen LogP contribution in [0, 0.1) is 0 Å². The number of carbonyl (C=O) groups is 4. The van der Waals surface area contributed by atoms with Gasteiger partial charge in [0.25, 0.3) is 0 Å². The van der Waals surface area contributed by atoms with Gasteiger partial charge in [-0.1, -0.05) is 101 Å². The number of benzene rings is 2. The van der Waals surface area contributed by atoms with Gasteiger partial charge in [0.2, 0.25) is 0 Å². The Kier molecular flexibility index (Phi) is 44.7. The average molecular weight is 1550 g/mol. The number of phosphoric acid groups is 3. The minimum atomic E-state index is -5.31. The molecule has 0 aliphatic carbocycles. The van der Waals surface area contributed by atoms with Gasteiger partial charge in [-0.2, -0.15) is 4.31 Å². The van der Waals surface area contributed by atoms with Crippen molar-refractivity contribution < 1.29 is 145 Å². The number of hydrogen-bond donors (Lipinski definition) is 11. The SMILES string of the molecule is CC(=O)SCCOP(=O)(OCCSC(C)=O)C(C)C.CC(C)(C)P(=O)(O)O.CC(C)(C)P(=O)(O)OP(=O)(O)O.CC(C)(C)P(=O)(O)OP(=O)(O)OP(=O)(O)O.COC(=O)C(C)NP(=O)(Oc1ccccc1)C(C)C.COC(=O)C(C)NP(=O)(Oc1ccccc1)C(C)C. The molecule has 0 bridgehead atoms. The molecule has 2 rings (SSSR count). The number of methoxy groups -OCH3 is 2. The van der Waals surface area contributed by atoms with Crippen molar-refractivity contribution in [3.05, 3.63) is 60.7 Å². The highest BCUT2D eigenvalue weighted by Crippen LogP contribution is 2.70. The van der Waals surface area contributed by atoms with Gasteiger partial charge in [-0.05, 0) is 100 Å². The summed E-state index contributed by atoms with van der Waals surface area (Å²) in [6, 6.07) is 16.4. The Morgan fingerprint density at radius 3 is 0.935 bits per heavy atom. The van der Waals surface area contributed by atoms with Crippen molar-refractivity contribution in [1.82, 2.24) is 10.2 Å². The van der Waals surface area contributed by atoms with Crippen LogP contribution in [-0.4, -0.2) is 150 Å². The number of para-hydroxylation sites is 2. The van der Waals surface area contributed by atoms with E-state index in [1.165, 1.54) is 90.4 Å². The topological polar surface area (TPSA) is 511 Å². The summed E-state index contributed by atoms with van der Waals surface area (Å²) in [5.74, 6) is 0.970. The summed E-state index contributed by atoms with van der Waals surface area (Å²) < 4.78 is 144. The average Bonchev–Trinajstić information content (AvgIpc) is 0.850. The number of thioether (sulfide) groups is 2. The Bertz CT molecular complexity index is 2940. The van der Waals surface area contributed by atoms with Crippen LogP contribution in [0.4, 0.5) is 0 Å². The van der Waals surface area contributed by atoms with Gasteiger partial charge in [0, 0.05) is 25.4 Å². The van der Waals surface area contributed by atoms with E-state index in [0.717, 1.165) is 23.5 Å². The van der Waals surface area contributed by atoms with Crippen LogP contribution in [0.1, 0.15) is 132 Å². The lowest BCUT2D eigenvalue weighted by molar-refractivity contribution is -0.143. The van der Waals surface area contributed by atoms with E-state index in [0.29, 0.717) is 23.0 Å². The normalized spacial score (nSPS) is 16.1. The molecule has 33 nitrogen and oxygen atoms in total. The first-order chi connectivity index (χ1) is 41.4. The number of rotatable bonds is 27. The molecule has 0 aliphatic heterocycles. The molecule has 0 saturated carbocycles. The molecular weight excluding hydrogens is 1460 g/mol. The first kappa shape index (κ1) is 97.8. The van der Waals surface area contributed by atoms with Crippen molar-refractivity contribution in [2.45, 2.75) is 176 Å². The molecule has 7 atom stereocenters. The zero-order valence-electron chi connectivity index (χ0n) is 55.8. The number of carbonyl (C=O) groups excluding carboxylic acids is 4. The molecule has 0 spiro atoms. The number of ether oxygens (including phenoxy) is 2. The van der Waals surface area contributed by atoms with Gasteiger partial charge in [-0.15, -0.1) is 0 Å². The van der Waals surface area contributed by atoms with Crippen LogP contribution >= 0.6 is 92.4 Å². The maximum atomic E-state index is 12.8. The maximum Gasteiger partial charge on any atom is 0.488 e. The lowest BCUT2D eigenvalue weighted by Crippen LogP contribution is -2.36. The van der Waals surface area contributed by atoms with Crippen LogP contribution in [0.15, 0.2) is 60.7 Å². The highest BCUT2D eigenvalue weighted by Gasteiger charge is 2.46. The fourth-order valence-electron chi connectivity index (χ4n) is 4.55. The van der Waals surface area contributed by atoms with E-state index < -0.39 is 108 Å². The van der Waals surface area contributed by atoms with Crippen LogP contribution in [0.5, 0.6) is 11.5 Å². The summed E-state index contributed by atoms with van der Waals surface area (Å²) in [5.41, 5.74) is -0.781. The summed E-state index contributed by atoms with van der Waals surface area (Å²) in [4.78, 5) is 121. The molecule has 546 valence electrons. The maximum absolute atomic E-state index is 12.8. The molecule has 11 N–H and O–H groups in total. The van der Waals surface area contributed by atoms with E-state index >= 15 is 0 Å². The molecule has 0 aromatic heterocycles. The van der Waals surface area contributed by atoms with Crippen molar-refractivity contribution in [3.63, 3.8) is 0 Å². The second-order valence-corrected chi connectivity index (χ2v) is 45.3. The van der Waals surface area contributed by atoms with Crippen molar-refractivity contribution >= 4 is 115 Å². The molecule has 2 aromatic rings. The molecular formula is C49H97N2O31P9S2. The Morgan fingerprint density at radius 2 is 0.731 bits per heavy atom. The Hall–Kier alpha value is -1.55. The standard InChI is InChI=1S/2C13H20NO4P.C11H21O5PS2.C4H13O9P3.C4H12O6P2.C4H11O3P/c2*1-10(2)19(16,14-11(3)13(15)17-4)18-12-8-6-5-7-9-12;1-9(2)17(14,15-5-7-18-10(3)12)16-6-8-19-11(4)13;1-4(2,3)14(5,6)12-16(10,11)13-15(7,8)9;1-4(2,3)11(5,6)10-12(7,8)9;1-4(2,3)8(5,6)7/h2*5-11H,1-4H3,(H,14,16);9H,5-8H2,1-4H3;1-3H3,(H,5,6)(H,10,11)(H2,7,8,9);1-3H3,(H,5,6)(H2,7,8,9);1-3H3,(H2,5,6,7). The predicted molar refractivity (Wildman–Crippen MR) is 358 cm³/mol. The quantitative estimate of drug-likeness (QED) is 0.0225. The molecule has 0 saturated heterocycles. The predicted octanol–water partition coefficient (Wildman–Crippen LogP) is 12.1. The summed E-state index contributed by atoms with van der Waals surface area (Å²) in [5, 5.41) is 2.01. The van der Waals surface area contributed by atoms with E-state index in [9.17, 15) is 65.2 Å². The van der Waals surface area contributed by atoms with Gasteiger partial charge in [-0.3, -0.25) is 46.6 Å². The number of nitrogens with one attached hydrogen (secondary N) is 2. The lowest BCUT2D eigenvalue weighted by Gasteiger charge is -2.26. The molecule has 93 heavy (non-hydrogen) atoms.